The Morgan fingerprint density at radius 2 is 2.07 bits per heavy atom. The molecular formula is C12H13BrN2. The van der Waals surface area contributed by atoms with Crippen LogP contribution in [0.1, 0.15) is 37.3 Å². The lowest BCUT2D eigenvalue weighted by molar-refractivity contribution is 0.703. The van der Waals surface area contributed by atoms with Crippen LogP contribution in [0, 0.1) is 0 Å². The molecule has 0 unspecified atom stereocenters. The summed E-state index contributed by atoms with van der Waals surface area (Å²) >= 11 is 3.54. The van der Waals surface area contributed by atoms with Crippen molar-refractivity contribution in [1.82, 2.24) is 9.38 Å². The summed E-state index contributed by atoms with van der Waals surface area (Å²) in [5, 5.41) is 0. The maximum absolute atomic E-state index is 4.69. The molecule has 0 saturated heterocycles. The fraction of sp³-hybridized carbons (Fsp3) is 0.417. The van der Waals surface area contributed by atoms with Gasteiger partial charge in [-0.2, -0.15) is 0 Å². The van der Waals surface area contributed by atoms with Crippen molar-refractivity contribution in [3.8, 4) is 0 Å². The molecule has 0 radical (unpaired) electrons. The van der Waals surface area contributed by atoms with Gasteiger partial charge in [-0.1, -0.05) is 18.9 Å². The van der Waals surface area contributed by atoms with Crippen LogP contribution in [-0.4, -0.2) is 9.38 Å². The highest BCUT2D eigenvalue weighted by Crippen LogP contribution is 2.33. The number of hydrogen-bond donors (Lipinski definition) is 0. The van der Waals surface area contributed by atoms with Gasteiger partial charge in [-0.15, -0.1) is 0 Å². The molecule has 0 bridgehead atoms. The molecule has 3 heteroatoms. The third-order valence-electron chi connectivity index (χ3n) is 3.23. The van der Waals surface area contributed by atoms with E-state index in [0.29, 0.717) is 5.92 Å². The van der Waals surface area contributed by atoms with Crippen LogP contribution in [-0.2, 0) is 0 Å². The Morgan fingerprint density at radius 3 is 2.80 bits per heavy atom. The zero-order valence-corrected chi connectivity index (χ0v) is 10.1. The molecule has 0 spiro atoms. The molecule has 0 atom stereocenters. The first kappa shape index (κ1) is 9.40. The first-order valence-electron chi connectivity index (χ1n) is 5.48. The number of rotatable bonds is 1. The van der Waals surface area contributed by atoms with Crippen LogP contribution in [0.3, 0.4) is 0 Å². The van der Waals surface area contributed by atoms with E-state index in [0.717, 1.165) is 10.3 Å². The molecule has 2 aromatic heterocycles. The SMILES string of the molecule is Brc1cccc2nc(C3CCCC3)cn12. The van der Waals surface area contributed by atoms with Crippen molar-refractivity contribution >= 4 is 21.6 Å². The minimum Gasteiger partial charge on any atom is -0.294 e. The summed E-state index contributed by atoms with van der Waals surface area (Å²) in [5.41, 5.74) is 2.31. The fourth-order valence-corrected chi connectivity index (χ4v) is 2.85. The summed E-state index contributed by atoms with van der Waals surface area (Å²) in [6, 6.07) is 6.14. The number of aromatic nitrogens is 2. The van der Waals surface area contributed by atoms with Crippen LogP contribution >= 0.6 is 15.9 Å². The predicted molar refractivity (Wildman–Crippen MR) is 64.1 cm³/mol. The van der Waals surface area contributed by atoms with Gasteiger partial charge in [0.2, 0.25) is 0 Å². The predicted octanol–water partition coefficient (Wildman–Crippen LogP) is 3.75. The van der Waals surface area contributed by atoms with E-state index in [9.17, 15) is 0 Å². The molecular weight excluding hydrogens is 252 g/mol. The molecule has 0 amide bonds. The molecule has 1 aliphatic carbocycles. The number of imidazole rings is 1. The standard InChI is InChI=1S/C12H13BrN2/c13-11-6-3-7-12-14-10(8-15(11)12)9-4-1-2-5-9/h3,6-9H,1-2,4-5H2. The van der Waals surface area contributed by atoms with Gasteiger partial charge in [0.15, 0.2) is 0 Å². The molecule has 15 heavy (non-hydrogen) atoms. The third kappa shape index (κ3) is 1.59. The van der Waals surface area contributed by atoms with Crippen LogP contribution in [0.4, 0.5) is 0 Å². The van der Waals surface area contributed by atoms with Crippen molar-refractivity contribution < 1.29 is 0 Å². The summed E-state index contributed by atoms with van der Waals surface area (Å²) in [6.45, 7) is 0. The van der Waals surface area contributed by atoms with E-state index in [1.54, 1.807) is 0 Å². The summed E-state index contributed by atoms with van der Waals surface area (Å²) in [6.07, 6.45) is 7.51. The molecule has 0 aromatic carbocycles. The topological polar surface area (TPSA) is 17.3 Å². The summed E-state index contributed by atoms with van der Waals surface area (Å²) in [4.78, 5) is 4.69. The second-order valence-electron chi connectivity index (χ2n) is 4.22. The summed E-state index contributed by atoms with van der Waals surface area (Å²) in [7, 11) is 0. The number of nitrogens with zero attached hydrogens (tertiary/aromatic N) is 2. The molecule has 0 aliphatic heterocycles. The van der Waals surface area contributed by atoms with Crippen molar-refractivity contribution in [2.75, 3.05) is 0 Å². The summed E-state index contributed by atoms with van der Waals surface area (Å²) < 4.78 is 3.20. The number of pyridine rings is 1. The lowest BCUT2D eigenvalue weighted by atomic mass is 10.1. The van der Waals surface area contributed by atoms with E-state index in [1.807, 2.05) is 12.1 Å². The summed E-state index contributed by atoms with van der Waals surface area (Å²) in [5.74, 6) is 0.691. The molecule has 1 fully saturated rings. The first-order valence-corrected chi connectivity index (χ1v) is 6.27. The van der Waals surface area contributed by atoms with Gasteiger partial charge in [0.25, 0.3) is 0 Å². The third-order valence-corrected chi connectivity index (χ3v) is 3.88. The zero-order valence-electron chi connectivity index (χ0n) is 8.49. The smallest absolute Gasteiger partial charge is 0.137 e. The van der Waals surface area contributed by atoms with E-state index >= 15 is 0 Å². The van der Waals surface area contributed by atoms with Crippen LogP contribution < -0.4 is 0 Å². The van der Waals surface area contributed by atoms with Gasteiger partial charge in [0.05, 0.1) is 10.3 Å². The van der Waals surface area contributed by atoms with Crippen molar-refractivity contribution in [3.05, 3.63) is 34.7 Å². The average molecular weight is 265 g/mol. The van der Waals surface area contributed by atoms with E-state index in [2.05, 4.69) is 37.6 Å². The number of fused-ring (bicyclic) bond motifs is 1. The fourth-order valence-electron chi connectivity index (χ4n) is 2.41. The Bertz CT molecular complexity index is 483. The minimum absolute atomic E-state index is 0.691. The largest absolute Gasteiger partial charge is 0.294 e. The zero-order chi connectivity index (χ0) is 10.3. The lowest BCUT2D eigenvalue weighted by Crippen LogP contribution is -1.91. The highest BCUT2D eigenvalue weighted by Gasteiger charge is 2.19. The molecule has 2 heterocycles. The highest BCUT2D eigenvalue weighted by molar-refractivity contribution is 9.10. The number of halogens is 1. The normalized spacial score (nSPS) is 17.7. The van der Waals surface area contributed by atoms with E-state index in [-0.39, 0.29) is 0 Å². The van der Waals surface area contributed by atoms with Crippen molar-refractivity contribution in [1.29, 1.82) is 0 Å². The van der Waals surface area contributed by atoms with Gasteiger partial charge in [-0.25, -0.2) is 4.98 Å². The van der Waals surface area contributed by atoms with Crippen molar-refractivity contribution in [2.24, 2.45) is 0 Å². The number of hydrogen-bond acceptors (Lipinski definition) is 1. The average Bonchev–Trinajstić information content (AvgIpc) is 2.86. The Hall–Kier alpha value is -0.830. The van der Waals surface area contributed by atoms with E-state index < -0.39 is 0 Å². The second-order valence-corrected chi connectivity index (χ2v) is 5.04. The van der Waals surface area contributed by atoms with E-state index in [1.165, 1.54) is 31.4 Å². The van der Waals surface area contributed by atoms with Crippen LogP contribution in [0.15, 0.2) is 29.0 Å². The van der Waals surface area contributed by atoms with Crippen LogP contribution in [0.2, 0.25) is 0 Å². The molecule has 2 aromatic rings. The van der Waals surface area contributed by atoms with Gasteiger partial charge in [-0.05, 0) is 40.9 Å². The van der Waals surface area contributed by atoms with Crippen LogP contribution in [0.25, 0.3) is 5.65 Å². The molecule has 1 aliphatic rings. The van der Waals surface area contributed by atoms with E-state index in [4.69, 9.17) is 0 Å². The maximum Gasteiger partial charge on any atom is 0.137 e. The Balaban J connectivity index is 2.09. The van der Waals surface area contributed by atoms with Gasteiger partial charge in [-0.3, -0.25) is 4.40 Å². The minimum atomic E-state index is 0.691. The second kappa shape index (κ2) is 3.63. The molecule has 78 valence electrons. The van der Waals surface area contributed by atoms with Crippen molar-refractivity contribution in [2.45, 2.75) is 31.6 Å². The van der Waals surface area contributed by atoms with Crippen molar-refractivity contribution in [3.63, 3.8) is 0 Å². The Labute approximate surface area is 97.5 Å². The maximum atomic E-state index is 4.69. The Kier molecular flexibility index (Phi) is 2.28. The Morgan fingerprint density at radius 1 is 1.27 bits per heavy atom. The van der Waals surface area contributed by atoms with Gasteiger partial charge < -0.3 is 0 Å². The molecule has 1 saturated carbocycles. The monoisotopic (exact) mass is 264 g/mol. The lowest BCUT2D eigenvalue weighted by Gasteiger charge is -2.02. The van der Waals surface area contributed by atoms with Crippen LogP contribution in [0.5, 0.6) is 0 Å². The molecule has 2 nitrogen and oxygen atoms in total. The van der Waals surface area contributed by atoms with Gasteiger partial charge in [0, 0.05) is 12.1 Å². The quantitative estimate of drug-likeness (QED) is 0.718. The molecule has 0 N–H and O–H groups in total. The first-order chi connectivity index (χ1) is 7.34. The van der Waals surface area contributed by atoms with Gasteiger partial charge >= 0.3 is 0 Å². The highest BCUT2D eigenvalue weighted by atomic mass is 79.9. The van der Waals surface area contributed by atoms with Gasteiger partial charge in [0.1, 0.15) is 5.65 Å². The molecule has 3 rings (SSSR count).